The molecule has 1 aromatic heterocycles. The summed E-state index contributed by atoms with van der Waals surface area (Å²) in [5, 5.41) is 0. The van der Waals surface area contributed by atoms with Gasteiger partial charge in [-0.25, -0.2) is 4.98 Å². The number of halogens is 1. The zero-order valence-electron chi connectivity index (χ0n) is 12.4. The third kappa shape index (κ3) is 3.95. The first kappa shape index (κ1) is 15.8. The largest absolute Gasteiger partial charge is 0.353 e. The summed E-state index contributed by atoms with van der Waals surface area (Å²) >= 11 is 3.72. The Labute approximate surface area is 131 Å². The van der Waals surface area contributed by atoms with Gasteiger partial charge in [0.05, 0.1) is 4.47 Å². The third-order valence-corrected chi connectivity index (χ3v) is 5.18. The summed E-state index contributed by atoms with van der Waals surface area (Å²) < 4.78 is 1.14. The summed E-state index contributed by atoms with van der Waals surface area (Å²) in [6, 6.07) is 2.68. The van der Waals surface area contributed by atoms with Gasteiger partial charge in [0.25, 0.3) is 0 Å². The molecule has 0 spiro atoms. The topological polar surface area (TPSA) is 42.2 Å². The van der Waals surface area contributed by atoms with E-state index < -0.39 is 0 Å². The lowest BCUT2D eigenvalue weighted by Gasteiger charge is -2.33. The van der Waals surface area contributed by atoms with E-state index in [1.165, 1.54) is 44.1 Å². The zero-order valence-corrected chi connectivity index (χ0v) is 14.0. The minimum Gasteiger partial charge on any atom is -0.353 e. The molecule has 2 rings (SSSR count). The Morgan fingerprint density at radius 1 is 1.30 bits per heavy atom. The van der Waals surface area contributed by atoms with Crippen LogP contribution in [0.15, 0.2) is 16.7 Å². The maximum atomic E-state index is 5.72. The molecule has 4 heteroatoms. The number of anilines is 1. The van der Waals surface area contributed by atoms with Crippen molar-refractivity contribution in [2.24, 2.45) is 5.73 Å². The number of nitrogens with two attached hydrogens (primary N) is 1. The minimum absolute atomic E-state index is 0.620. The predicted molar refractivity (Wildman–Crippen MR) is 89.2 cm³/mol. The number of aryl methyl sites for hydroxylation is 1. The molecule has 1 heterocycles. The fraction of sp³-hybridized carbons (Fsp3) is 0.688. The van der Waals surface area contributed by atoms with Gasteiger partial charge in [-0.2, -0.15) is 0 Å². The van der Waals surface area contributed by atoms with Crippen molar-refractivity contribution in [3.63, 3.8) is 0 Å². The molecule has 1 aliphatic rings. The number of hydrogen-bond acceptors (Lipinski definition) is 3. The van der Waals surface area contributed by atoms with Crippen LogP contribution in [0.3, 0.4) is 0 Å². The lowest BCUT2D eigenvalue weighted by Crippen LogP contribution is -2.37. The van der Waals surface area contributed by atoms with Gasteiger partial charge in [-0.05, 0) is 60.3 Å². The molecular formula is C16H26BrN3. The van der Waals surface area contributed by atoms with Crippen molar-refractivity contribution in [3.05, 3.63) is 22.3 Å². The predicted octanol–water partition coefficient (Wildman–Crippen LogP) is 4.03. The van der Waals surface area contributed by atoms with Gasteiger partial charge in [0.2, 0.25) is 0 Å². The Bertz CT molecular complexity index is 414. The molecule has 0 aliphatic heterocycles. The van der Waals surface area contributed by atoms with Crippen LogP contribution >= 0.6 is 15.9 Å². The molecule has 2 N–H and O–H groups in total. The molecule has 0 radical (unpaired) electrons. The van der Waals surface area contributed by atoms with E-state index in [0.717, 1.165) is 29.8 Å². The van der Waals surface area contributed by atoms with Gasteiger partial charge in [0.15, 0.2) is 0 Å². The van der Waals surface area contributed by atoms with Crippen LogP contribution in [-0.2, 0) is 0 Å². The molecule has 1 aromatic rings. The van der Waals surface area contributed by atoms with Crippen LogP contribution in [0.4, 0.5) is 5.82 Å². The van der Waals surface area contributed by atoms with E-state index in [4.69, 9.17) is 5.73 Å². The highest BCUT2D eigenvalue weighted by atomic mass is 79.9. The summed E-state index contributed by atoms with van der Waals surface area (Å²) in [5.41, 5.74) is 6.98. The normalized spacial score (nSPS) is 16.9. The van der Waals surface area contributed by atoms with Gasteiger partial charge in [-0.1, -0.05) is 25.7 Å². The maximum Gasteiger partial charge on any atom is 0.143 e. The highest BCUT2D eigenvalue weighted by Gasteiger charge is 2.23. The molecule has 0 amide bonds. The fourth-order valence-electron chi connectivity index (χ4n) is 3.02. The first-order chi connectivity index (χ1) is 9.74. The maximum absolute atomic E-state index is 5.72. The first-order valence-corrected chi connectivity index (χ1v) is 8.61. The van der Waals surface area contributed by atoms with E-state index in [9.17, 15) is 0 Å². The standard InChI is InChI=1S/C16H26BrN3/c1-13-9-11-19-16(15(13)17)20(12-6-10-18)14-7-4-2-3-5-8-14/h9,11,14H,2-8,10,12,18H2,1H3. The van der Waals surface area contributed by atoms with E-state index in [1.807, 2.05) is 6.20 Å². The summed E-state index contributed by atoms with van der Waals surface area (Å²) in [6.07, 6.45) is 11.0. The SMILES string of the molecule is Cc1ccnc(N(CCCN)C2CCCCCC2)c1Br. The fourth-order valence-corrected chi connectivity index (χ4v) is 3.48. The highest BCUT2D eigenvalue weighted by molar-refractivity contribution is 9.10. The van der Waals surface area contributed by atoms with Crippen molar-refractivity contribution in [1.29, 1.82) is 0 Å². The second-order valence-electron chi connectivity index (χ2n) is 5.75. The Morgan fingerprint density at radius 3 is 2.65 bits per heavy atom. The Balaban J connectivity index is 2.23. The van der Waals surface area contributed by atoms with Gasteiger partial charge in [-0.3, -0.25) is 0 Å². The average molecular weight is 340 g/mol. The van der Waals surface area contributed by atoms with Crippen LogP contribution in [-0.4, -0.2) is 24.1 Å². The number of rotatable bonds is 5. The zero-order chi connectivity index (χ0) is 14.4. The van der Waals surface area contributed by atoms with Crippen molar-refractivity contribution in [3.8, 4) is 0 Å². The number of aromatic nitrogens is 1. The van der Waals surface area contributed by atoms with Crippen LogP contribution in [0.2, 0.25) is 0 Å². The van der Waals surface area contributed by atoms with Gasteiger partial charge in [0, 0.05) is 18.8 Å². The van der Waals surface area contributed by atoms with Gasteiger partial charge >= 0.3 is 0 Å². The van der Waals surface area contributed by atoms with Gasteiger partial charge in [0.1, 0.15) is 5.82 Å². The van der Waals surface area contributed by atoms with E-state index in [0.29, 0.717) is 6.04 Å². The van der Waals surface area contributed by atoms with Crippen LogP contribution in [0.1, 0.15) is 50.5 Å². The molecule has 3 nitrogen and oxygen atoms in total. The van der Waals surface area contributed by atoms with Crippen molar-refractivity contribution in [2.75, 3.05) is 18.0 Å². The Morgan fingerprint density at radius 2 is 2.00 bits per heavy atom. The minimum atomic E-state index is 0.620. The van der Waals surface area contributed by atoms with E-state index in [2.05, 4.69) is 38.8 Å². The molecule has 0 bridgehead atoms. The lowest BCUT2D eigenvalue weighted by atomic mass is 10.1. The van der Waals surface area contributed by atoms with E-state index in [1.54, 1.807) is 0 Å². The van der Waals surface area contributed by atoms with Gasteiger partial charge in [-0.15, -0.1) is 0 Å². The molecule has 1 aliphatic carbocycles. The first-order valence-electron chi connectivity index (χ1n) is 7.82. The van der Waals surface area contributed by atoms with Crippen LogP contribution in [0, 0.1) is 6.92 Å². The summed E-state index contributed by atoms with van der Waals surface area (Å²) in [6.45, 7) is 3.88. The van der Waals surface area contributed by atoms with Crippen LogP contribution in [0.25, 0.3) is 0 Å². The number of pyridine rings is 1. The molecule has 1 saturated carbocycles. The lowest BCUT2D eigenvalue weighted by molar-refractivity contribution is 0.514. The van der Waals surface area contributed by atoms with Crippen LogP contribution < -0.4 is 10.6 Å². The Kier molecular flexibility index (Phi) is 6.30. The summed E-state index contributed by atoms with van der Waals surface area (Å²) in [4.78, 5) is 7.13. The van der Waals surface area contributed by atoms with Crippen LogP contribution in [0.5, 0.6) is 0 Å². The number of hydrogen-bond donors (Lipinski definition) is 1. The van der Waals surface area contributed by atoms with E-state index in [-0.39, 0.29) is 0 Å². The highest BCUT2D eigenvalue weighted by Crippen LogP contribution is 2.32. The second kappa shape index (κ2) is 7.99. The molecule has 0 aromatic carbocycles. The second-order valence-corrected chi connectivity index (χ2v) is 6.54. The van der Waals surface area contributed by atoms with Crippen molar-refractivity contribution in [2.45, 2.75) is 57.9 Å². The van der Waals surface area contributed by atoms with E-state index >= 15 is 0 Å². The Hall–Kier alpha value is -0.610. The van der Waals surface area contributed by atoms with Crippen molar-refractivity contribution in [1.82, 2.24) is 4.98 Å². The average Bonchev–Trinajstić information content (AvgIpc) is 2.73. The molecular weight excluding hydrogens is 314 g/mol. The third-order valence-electron chi connectivity index (χ3n) is 4.20. The molecule has 1 fully saturated rings. The molecule has 0 unspecified atom stereocenters. The molecule has 112 valence electrons. The molecule has 0 atom stereocenters. The molecule has 20 heavy (non-hydrogen) atoms. The molecule has 0 saturated heterocycles. The van der Waals surface area contributed by atoms with Crippen molar-refractivity contribution < 1.29 is 0 Å². The summed E-state index contributed by atoms with van der Waals surface area (Å²) in [7, 11) is 0. The quantitative estimate of drug-likeness (QED) is 0.823. The van der Waals surface area contributed by atoms with Gasteiger partial charge < -0.3 is 10.6 Å². The van der Waals surface area contributed by atoms with Crippen molar-refractivity contribution >= 4 is 21.7 Å². The summed E-state index contributed by atoms with van der Waals surface area (Å²) in [5.74, 6) is 1.10. The monoisotopic (exact) mass is 339 g/mol. The smallest absolute Gasteiger partial charge is 0.143 e. The number of nitrogens with zero attached hydrogens (tertiary/aromatic N) is 2.